The number of fused-ring (bicyclic) bond motifs is 1. The Morgan fingerprint density at radius 2 is 1.18 bits per heavy atom. The lowest BCUT2D eigenvalue weighted by Crippen LogP contribution is -2.51. The van der Waals surface area contributed by atoms with Crippen LogP contribution in [0.1, 0.15) is 51.2 Å². The third-order valence-corrected chi connectivity index (χ3v) is 13.2. The summed E-state index contributed by atoms with van der Waals surface area (Å²) in [5.74, 6) is -4.68. The van der Waals surface area contributed by atoms with Crippen LogP contribution in [0.5, 0.6) is 5.75 Å². The van der Waals surface area contributed by atoms with Crippen LogP contribution in [0.3, 0.4) is 0 Å². The van der Waals surface area contributed by atoms with Crippen molar-refractivity contribution >= 4 is 90.1 Å². The minimum Gasteiger partial charge on any atom is -0.505 e. The summed E-state index contributed by atoms with van der Waals surface area (Å²) in [4.78, 5) is 81.8. The molecule has 3 amide bonds. The van der Waals surface area contributed by atoms with Crippen LogP contribution in [0.2, 0.25) is 0 Å². The summed E-state index contributed by atoms with van der Waals surface area (Å²) in [6.45, 7) is 9.53. The van der Waals surface area contributed by atoms with Crippen molar-refractivity contribution in [3.8, 4) is 16.9 Å². The van der Waals surface area contributed by atoms with Gasteiger partial charge in [0.2, 0.25) is 11.8 Å². The van der Waals surface area contributed by atoms with E-state index in [1.165, 1.54) is 18.2 Å². The molecular formula is C51H68N10O17S2. The number of anilines is 2. The van der Waals surface area contributed by atoms with Gasteiger partial charge in [-0.3, -0.25) is 48.1 Å². The maximum atomic E-state index is 14.1. The summed E-state index contributed by atoms with van der Waals surface area (Å²) >= 11 is 0. The number of aromatic hydroxyl groups is 1. The Morgan fingerprint density at radius 3 is 1.65 bits per heavy atom. The van der Waals surface area contributed by atoms with Gasteiger partial charge in [-0.05, 0) is 119 Å². The number of azo groups is 1. The maximum Gasteiger partial charge on any atom is 0.425 e. The number of nitrogen functional groups attached to an aromatic ring is 1. The summed E-state index contributed by atoms with van der Waals surface area (Å²) in [7, 11) is -7.72. The predicted molar refractivity (Wildman–Crippen MR) is 292 cm³/mol. The lowest BCUT2D eigenvalue weighted by atomic mass is 10.00. The molecule has 1 aliphatic heterocycles. The smallest absolute Gasteiger partial charge is 0.425 e. The molecule has 0 bridgehead atoms. The highest BCUT2D eigenvalue weighted by Gasteiger charge is 2.26. The number of nitrogens with two attached hydrogens (primary N) is 1. The van der Waals surface area contributed by atoms with Crippen LogP contribution in [0.4, 0.5) is 27.5 Å². The number of phenolic OH excluding ortho intramolecular Hbond substituents is 1. The first kappa shape index (κ1) is 64.9. The third kappa shape index (κ3) is 21.9. The first-order chi connectivity index (χ1) is 37.5. The summed E-state index contributed by atoms with van der Waals surface area (Å²) in [5, 5.41) is 56.8. The quantitative estimate of drug-likeness (QED) is 0.0264. The van der Waals surface area contributed by atoms with E-state index in [4.69, 9.17) is 23.1 Å². The maximum absolute atomic E-state index is 14.1. The summed E-state index contributed by atoms with van der Waals surface area (Å²) in [6, 6.07) is 14.9. The van der Waals surface area contributed by atoms with Crippen LogP contribution >= 0.6 is 0 Å². The second-order valence-corrected chi connectivity index (χ2v) is 21.5. The number of benzene rings is 4. The van der Waals surface area contributed by atoms with Crippen molar-refractivity contribution < 1.29 is 79.5 Å². The number of phenols is 1. The van der Waals surface area contributed by atoms with Crippen LogP contribution in [-0.2, 0) is 49.4 Å². The predicted octanol–water partition coefficient (Wildman–Crippen LogP) is 3.66. The highest BCUT2D eigenvalue weighted by Crippen LogP contribution is 2.41. The van der Waals surface area contributed by atoms with Gasteiger partial charge in [0, 0.05) is 75.7 Å². The van der Waals surface area contributed by atoms with Crippen molar-refractivity contribution in [2.24, 2.45) is 10.2 Å². The second-order valence-electron chi connectivity index (χ2n) is 19.7. The number of hydrogen-bond donors (Lipinski definition) is 9. The van der Waals surface area contributed by atoms with Crippen LogP contribution in [0, 0.1) is 13.8 Å². The van der Waals surface area contributed by atoms with Gasteiger partial charge in [0.25, 0.3) is 10.1 Å². The molecular weight excluding hydrogens is 1090 g/mol. The van der Waals surface area contributed by atoms with E-state index in [0.29, 0.717) is 29.8 Å². The molecule has 27 nitrogen and oxygen atoms in total. The van der Waals surface area contributed by atoms with Gasteiger partial charge in [0.05, 0.1) is 37.3 Å². The number of nitrogens with zero attached hydrogens (tertiary/aromatic N) is 6. The number of carboxylic acids is 3. The van der Waals surface area contributed by atoms with Crippen LogP contribution < -0.4 is 21.7 Å². The van der Waals surface area contributed by atoms with E-state index in [-0.39, 0.29) is 114 Å². The molecule has 1 aliphatic rings. The van der Waals surface area contributed by atoms with Gasteiger partial charge in [-0.2, -0.15) is 13.5 Å². The van der Waals surface area contributed by atoms with Crippen molar-refractivity contribution in [3.05, 3.63) is 71.8 Å². The Hall–Kier alpha value is -7.67. The number of hydrogen-bond acceptors (Lipinski definition) is 20. The zero-order chi connectivity index (χ0) is 59.5. The monoisotopic (exact) mass is 1160 g/mol. The first-order valence-electron chi connectivity index (χ1n) is 25.0. The van der Waals surface area contributed by atoms with Crippen molar-refractivity contribution in [3.63, 3.8) is 0 Å². The fraction of sp³-hybridized carbons (Fsp3) is 0.451. The fourth-order valence-electron chi connectivity index (χ4n) is 8.46. The number of alkyl carbamates (subject to hydrolysis) is 1. The molecule has 0 aliphatic carbocycles. The van der Waals surface area contributed by atoms with Gasteiger partial charge in [-0.25, -0.2) is 4.79 Å². The van der Waals surface area contributed by atoms with Crippen LogP contribution in [-0.4, -0.2) is 198 Å². The van der Waals surface area contributed by atoms with Crippen molar-refractivity contribution in [2.75, 3.05) is 96.1 Å². The molecule has 0 spiro atoms. The molecule has 4 aromatic rings. The molecule has 5 rings (SSSR count). The number of nitrogens with one attached hydrogen (secondary N) is 3. The van der Waals surface area contributed by atoms with E-state index in [1.54, 1.807) is 52.5 Å². The number of ether oxygens (including phenoxy) is 1. The number of carbonyl (C=O) groups is 6. The number of aliphatic carboxylic acids is 3. The number of carbonyl (C=O) groups excluding carboxylic acids is 3. The van der Waals surface area contributed by atoms with Gasteiger partial charge in [-0.15, -0.1) is 17.7 Å². The first-order valence-corrected chi connectivity index (χ1v) is 27.5. The molecule has 0 aromatic heterocycles. The van der Waals surface area contributed by atoms with E-state index < -0.39 is 78.8 Å². The third-order valence-electron chi connectivity index (χ3n) is 12.3. The van der Waals surface area contributed by atoms with Gasteiger partial charge in [0.1, 0.15) is 22.2 Å². The van der Waals surface area contributed by atoms with Crippen molar-refractivity contribution in [1.82, 2.24) is 30.2 Å². The number of amides is 3. The van der Waals surface area contributed by atoms with E-state index in [2.05, 4.69) is 26.2 Å². The van der Waals surface area contributed by atoms with E-state index in [9.17, 15) is 62.2 Å². The van der Waals surface area contributed by atoms with Gasteiger partial charge >= 0.3 is 34.6 Å². The second kappa shape index (κ2) is 30.1. The average Bonchev–Trinajstić information content (AvgIpc) is 3.33. The summed E-state index contributed by atoms with van der Waals surface area (Å²) in [5.41, 5.74) is 9.40. The normalized spacial score (nSPS) is 14.9. The Balaban J connectivity index is 0.00000333. The SMILES string of the molecule is Cc1cc(-c2ccc(NC(=O)[C@@H](CCCCNC(=O)OC(C)(C)C)NC(=O)CN3CCN(CC(=O)O)CCN(CC(=O)O)CCN(CC(=O)O)CC3)c(C)c2)ccc1N=Nc1ccc2c(S(=O)(=O)O)ccc(N)c2c1O.O=S(=O)=O. The number of aryl methyl sites for hydroxylation is 2. The van der Waals surface area contributed by atoms with Crippen molar-refractivity contribution in [2.45, 2.75) is 70.4 Å². The van der Waals surface area contributed by atoms with E-state index >= 15 is 0 Å². The molecule has 1 heterocycles. The number of unbranched alkanes of at least 4 members (excludes halogenated alkanes) is 1. The minimum atomic E-state index is -4.61. The zero-order valence-corrected chi connectivity index (χ0v) is 46.5. The molecule has 0 saturated carbocycles. The standard InChI is InChI=1S/C51H68N10O14S.O3S/c1-32-26-34(35-10-14-39(33(2)27-35)56-57-40-15-11-36-42(76(72,73)74)16-12-37(52)47(36)48(40)69)9-13-38(32)55-49(70)41(8-6-7-17-53-50(71)75-51(3,4)5)54-43(62)28-58-18-20-59(29-44(63)64)22-24-61(31-46(67)68)25-23-60(21-19-58)30-45(65)66;1-4(2)3/h9-16,26-27,41,69H,6-8,17-25,28-31,52H2,1-5H3,(H,53,71)(H,54,62)(H,55,70)(H,63,64)(H,65,66)(H,67,68)(H,72,73,74);/t41-;/m1./s1. The topological polar surface area (TPSA) is 398 Å². The zero-order valence-electron chi connectivity index (χ0n) is 44.9. The highest BCUT2D eigenvalue weighted by atomic mass is 32.2. The van der Waals surface area contributed by atoms with E-state index in [0.717, 1.165) is 22.8 Å². The van der Waals surface area contributed by atoms with Crippen LogP contribution in [0.25, 0.3) is 21.9 Å². The molecule has 10 N–H and O–H groups in total. The average molecular weight is 1160 g/mol. The molecule has 1 saturated heterocycles. The molecule has 0 unspecified atom stereocenters. The Kier molecular flexibility index (Phi) is 24.4. The molecule has 0 radical (unpaired) electrons. The lowest BCUT2D eigenvalue weighted by molar-refractivity contribution is -0.140. The minimum absolute atomic E-state index is 0.00647. The van der Waals surface area contributed by atoms with Crippen molar-refractivity contribution in [1.29, 1.82) is 0 Å². The number of rotatable bonds is 20. The Bertz CT molecular complexity index is 3120. The fourth-order valence-corrected chi connectivity index (χ4v) is 9.14. The summed E-state index contributed by atoms with van der Waals surface area (Å²) in [6.07, 6.45) is 0.449. The van der Waals surface area contributed by atoms with Gasteiger partial charge in [-0.1, -0.05) is 18.2 Å². The molecule has 4 aromatic carbocycles. The largest absolute Gasteiger partial charge is 0.505 e. The van der Waals surface area contributed by atoms with E-state index in [1.807, 2.05) is 38.1 Å². The van der Waals surface area contributed by atoms with Crippen LogP contribution in [0.15, 0.2) is 75.8 Å². The van der Waals surface area contributed by atoms with Gasteiger partial charge in [0.15, 0.2) is 5.75 Å². The molecule has 436 valence electrons. The molecule has 1 fully saturated rings. The number of carboxylic acid groups (broad SMARTS) is 3. The summed E-state index contributed by atoms with van der Waals surface area (Å²) < 4.78 is 64.2. The molecule has 1 atom stereocenters. The molecule has 80 heavy (non-hydrogen) atoms. The molecule has 29 heteroatoms. The Morgan fingerprint density at radius 1 is 0.700 bits per heavy atom. The van der Waals surface area contributed by atoms with Gasteiger partial charge < -0.3 is 46.8 Å². The highest BCUT2D eigenvalue weighted by molar-refractivity contribution is 7.86. The Labute approximate surface area is 463 Å². The lowest BCUT2D eigenvalue weighted by Gasteiger charge is -2.33.